The number of benzene rings is 2. The lowest BCUT2D eigenvalue weighted by Gasteiger charge is -2.20. The van der Waals surface area contributed by atoms with Crippen molar-refractivity contribution in [2.24, 2.45) is 0 Å². The number of hydrogen-bond acceptors (Lipinski definition) is 3. The zero-order chi connectivity index (χ0) is 16.1. The summed E-state index contributed by atoms with van der Waals surface area (Å²) < 4.78 is 0. The molecule has 0 fully saturated rings. The minimum atomic E-state index is 0.00890. The molecule has 4 heteroatoms. The second-order valence-electron chi connectivity index (χ2n) is 5.47. The van der Waals surface area contributed by atoms with Crippen molar-refractivity contribution in [1.29, 1.82) is 0 Å². The number of hydrogen-bond donors (Lipinski definition) is 1. The molecular formula is C19H20N2OS. The lowest BCUT2D eigenvalue weighted by molar-refractivity contribution is 0.274. The maximum atomic E-state index is 11.9. The zero-order valence-electron chi connectivity index (χ0n) is 13.2. The van der Waals surface area contributed by atoms with Crippen LogP contribution in [0.4, 0.5) is 0 Å². The lowest BCUT2D eigenvalue weighted by Crippen LogP contribution is -2.22. The number of thiazole rings is 1. The van der Waals surface area contributed by atoms with Gasteiger partial charge in [0.1, 0.15) is 0 Å². The van der Waals surface area contributed by atoms with Crippen LogP contribution < -0.4 is 4.87 Å². The van der Waals surface area contributed by atoms with Crippen LogP contribution in [0.25, 0.3) is 11.3 Å². The van der Waals surface area contributed by atoms with E-state index in [0.29, 0.717) is 0 Å². The summed E-state index contributed by atoms with van der Waals surface area (Å²) in [5, 5.41) is 0. The molecule has 1 N–H and O–H groups in total. The summed E-state index contributed by atoms with van der Waals surface area (Å²) in [7, 11) is 0. The molecule has 0 spiro atoms. The number of nitrogens with zero attached hydrogens (tertiary/aromatic N) is 1. The van der Waals surface area contributed by atoms with Gasteiger partial charge < -0.3 is 4.98 Å². The quantitative estimate of drug-likeness (QED) is 0.740. The Balaban J connectivity index is 1.83. The molecule has 0 atom stereocenters. The first-order valence-electron chi connectivity index (χ1n) is 7.80. The Morgan fingerprint density at radius 3 is 2.26 bits per heavy atom. The van der Waals surface area contributed by atoms with Crippen LogP contribution in [0, 0.1) is 0 Å². The molecule has 0 aliphatic heterocycles. The first-order chi connectivity index (χ1) is 11.3. The molecule has 0 aliphatic carbocycles. The average molecular weight is 324 g/mol. The molecule has 0 saturated heterocycles. The van der Waals surface area contributed by atoms with E-state index in [9.17, 15) is 4.79 Å². The fourth-order valence-corrected chi connectivity index (χ4v) is 3.53. The summed E-state index contributed by atoms with van der Waals surface area (Å²) in [6.07, 6.45) is 0. The van der Waals surface area contributed by atoms with Crippen molar-refractivity contribution in [3.63, 3.8) is 0 Å². The van der Waals surface area contributed by atoms with Crippen molar-refractivity contribution in [3.8, 4) is 11.3 Å². The highest BCUT2D eigenvalue weighted by molar-refractivity contribution is 7.09. The van der Waals surface area contributed by atoms with Crippen LogP contribution in [0.1, 0.15) is 17.4 Å². The zero-order valence-corrected chi connectivity index (χ0v) is 14.0. The van der Waals surface area contributed by atoms with Gasteiger partial charge in [-0.1, -0.05) is 78.9 Å². The van der Waals surface area contributed by atoms with Gasteiger partial charge in [0, 0.05) is 18.0 Å². The van der Waals surface area contributed by atoms with E-state index in [1.54, 1.807) is 0 Å². The Labute approximate surface area is 140 Å². The second-order valence-corrected chi connectivity index (χ2v) is 6.54. The number of H-pyrrole nitrogens is 1. The predicted molar refractivity (Wildman–Crippen MR) is 96.6 cm³/mol. The average Bonchev–Trinajstić information content (AvgIpc) is 2.96. The van der Waals surface area contributed by atoms with E-state index >= 15 is 0 Å². The largest absolute Gasteiger partial charge is 0.312 e. The first-order valence-corrected chi connectivity index (χ1v) is 8.61. The SMILES string of the molecule is CCN(Cc1ccccc1)Cc1sc(=O)[nH]c1-c1ccccc1. The molecule has 3 aromatic rings. The van der Waals surface area contributed by atoms with Crippen LogP contribution in [0.3, 0.4) is 0 Å². The molecule has 0 aliphatic rings. The number of rotatable bonds is 6. The summed E-state index contributed by atoms with van der Waals surface area (Å²) in [5.41, 5.74) is 3.31. The van der Waals surface area contributed by atoms with E-state index in [4.69, 9.17) is 0 Å². The third kappa shape index (κ3) is 3.97. The van der Waals surface area contributed by atoms with Gasteiger partial charge in [-0.3, -0.25) is 9.69 Å². The summed E-state index contributed by atoms with van der Waals surface area (Å²) >= 11 is 1.31. The van der Waals surface area contributed by atoms with Crippen molar-refractivity contribution < 1.29 is 0 Å². The lowest BCUT2D eigenvalue weighted by atomic mass is 10.1. The second kappa shape index (κ2) is 7.40. The van der Waals surface area contributed by atoms with Crippen molar-refractivity contribution in [3.05, 3.63) is 80.8 Å². The first kappa shape index (κ1) is 15.7. The highest BCUT2D eigenvalue weighted by Crippen LogP contribution is 2.24. The van der Waals surface area contributed by atoms with Crippen LogP contribution in [0.2, 0.25) is 0 Å². The molecule has 1 heterocycles. The molecule has 3 rings (SSSR count). The van der Waals surface area contributed by atoms with Gasteiger partial charge in [-0.05, 0) is 17.7 Å². The van der Waals surface area contributed by atoms with E-state index < -0.39 is 0 Å². The van der Waals surface area contributed by atoms with Crippen molar-refractivity contribution in [2.45, 2.75) is 20.0 Å². The number of nitrogens with one attached hydrogen (secondary N) is 1. The van der Waals surface area contributed by atoms with E-state index in [1.807, 2.05) is 36.4 Å². The van der Waals surface area contributed by atoms with Crippen LogP contribution in [-0.4, -0.2) is 16.4 Å². The van der Waals surface area contributed by atoms with Gasteiger partial charge >= 0.3 is 4.87 Å². The van der Waals surface area contributed by atoms with Crippen molar-refractivity contribution >= 4 is 11.3 Å². The molecule has 0 amide bonds. The number of aromatic nitrogens is 1. The molecule has 0 unspecified atom stereocenters. The summed E-state index contributed by atoms with van der Waals surface area (Å²) in [5.74, 6) is 0. The van der Waals surface area contributed by atoms with Crippen LogP contribution >= 0.6 is 11.3 Å². The highest BCUT2D eigenvalue weighted by Gasteiger charge is 2.13. The normalized spacial score (nSPS) is 11.0. The van der Waals surface area contributed by atoms with Crippen LogP contribution in [-0.2, 0) is 13.1 Å². The minimum Gasteiger partial charge on any atom is -0.312 e. The Hall–Kier alpha value is -2.17. The minimum absolute atomic E-state index is 0.00890. The third-order valence-corrected chi connectivity index (χ3v) is 4.71. The van der Waals surface area contributed by atoms with Gasteiger partial charge in [-0.2, -0.15) is 0 Å². The van der Waals surface area contributed by atoms with Crippen molar-refractivity contribution in [1.82, 2.24) is 9.88 Å². The van der Waals surface area contributed by atoms with E-state index in [0.717, 1.165) is 35.8 Å². The summed E-state index contributed by atoms with van der Waals surface area (Å²) in [4.78, 5) is 18.3. The predicted octanol–water partition coefficient (Wildman–Crippen LogP) is 4.13. The fraction of sp³-hybridized carbons (Fsp3) is 0.211. The van der Waals surface area contributed by atoms with Gasteiger partial charge in [0.15, 0.2) is 0 Å². The van der Waals surface area contributed by atoms with E-state index in [2.05, 4.69) is 41.1 Å². The standard InChI is InChI=1S/C19H20N2OS/c1-2-21(13-15-9-5-3-6-10-15)14-17-18(20-19(22)23-17)16-11-7-4-8-12-16/h3-12H,2,13-14H2,1H3,(H,20,22). The maximum absolute atomic E-state index is 11.9. The highest BCUT2D eigenvalue weighted by atomic mass is 32.1. The molecule has 0 radical (unpaired) electrons. The Morgan fingerprint density at radius 1 is 0.957 bits per heavy atom. The fourth-order valence-electron chi connectivity index (χ4n) is 2.63. The van der Waals surface area contributed by atoms with Gasteiger partial charge in [-0.15, -0.1) is 0 Å². The van der Waals surface area contributed by atoms with Crippen molar-refractivity contribution in [2.75, 3.05) is 6.54 Å². The smallest absolute Gasteiger partial charge is 0.305 e. The molecule has 0 saturated carbocycles. The monoisotopic (exact) mass is 324 g/mol. The Kier molecular flexibility index (Phi) is 5.05. The van der Waals surface area contributed by atoms with Gasteiger partial charge in [-0.25, -0.2) is 0 Å². The van der Waals surface area contributed by atoms with Crippen LogP contribution in [0.5, 0.6) is 0 Å². The maximum Gasteiger partial charge on any atom is 0.305 e. The van der Waals surface area contributed by atoms with Gasteiger partial charge in [0.05, 0.1) is 5.69 Å². The van der Waals surface area contributed by atoms with E-state index in [1.165, 1.54) is 16.9 Å². The molecular weight excluding hydrogens is 304 g/mol. The van der Waals surface area contributed by atoms with Crippen LogP contribution in [0.15, 0.2) is 65.5 Å². The Morgan fingerprint density at radius 2 is 1.61 bits per heavy atom. The summed E-state index contributed by atoms with van der Waals surface area (Å²) in [6, 6.07) is 20.5. The van der Waals surface area contributed by atoms with Gasteiger partial charge in [0.2, 0.25) is 0 Å². The van der Waals surface area contributed by atoms with E-state index in [-0.39, 0.29) is 4.87 Å². The molecule has 1 aromatic heterocycles. The van der Waals surface area contributed by atoms with Gasteiger partial charge in [0.25, 0.3) is 0 Å². The molecule has 118 valence electrons. The molecule has 3 nitrogen and oxygen atoms in total. The Bertz CT molecular complexity index is 793. The topological polar surface area (TPSA) is 36.1 Å². The summed E-state index contributed by atoms with van der Waals surface area (Å²) in [6.45, 7) is 4.76. The third-order valence-electron chi connectivity index (χ3n) is 3.85. The molecule has 2 aromatic carbocycles. The molecule has 0 bridgehead atoms. The number of aromatic amines is 1. The molecule has 23 heavy (non-hydrogen) atoms.